The van der Waals surface area contributed by atoms with Crippen LogP contribution in [0.1, 0.15) is 52.5 Å². The summed E-state index contributed by atoms with van der Waals surface area (Å²) in [7, 11) is 0. The monoisotopic (exact) mass is 551 g/mol. The maximum atomic E-state index is 11.7. The van der Waals surface area contributed by atoms with E-state index in [1.54, 1.807) is 23.1 Å². The van der Waals surface area contributed by atoms with E-state index in [4.69, 9.17) is 21.1 Å². The first-order valence-corrected chi connectivity index (χ1v) is 13.3. The minimum Gasteiger partial charge on any atom is -0.487 e. The normalized spacial score (nSPS) is 14.9. The van der Waals surface area contributed by atoms with Gasteiger partial charge in [-0.15, -0.1) is 10.2 Å². The smallest absolute Gasteiger partial charge is 0.257 e. The number of benzene rings is 1. The van der Waals surface area contributed by atoms with Gasteiger partial charge in [-0.25, -0.2) is 14.6 Å². The largest absolute Gasteiger partial charge is 0.487 e. The molecule has 0 aliphatic heterocycles. The van der Waals surface area contributed by atoms with Crippen LogP contribution in [0.3, 0.4) is 0 Å². The first-order chi connectivity index (χ1) is 18.8. The number of anilines is 2. The number of ether oxygens (including phenoxy) is 2. The fourth-order valence-corrected chi connectivity index (χ4v) is 4.53. The van der Waals surface area contributed by atoms with Gasteiger partial charge in [-0.1, -0.05) is 17.7 Å². The van der Waals surface area contributed by atoms with Gasteiger partial charge >= 0.3 is 0 Å². The molecule has 204 valence electrons. The number of hydrogen-bond donors (Lipinski definition) is 1. The van der Waals surface area contributed by atoms with Crippen LogP contribution in [0, 0.1) is 0 Å². The molecule has 1 aliphatic rings. The molecule has 0 amide bonds. The van der Waals surface area contributed by atoms with Crippen molar-refractivity contribution in [3.8, 4) is 22.8 Å². The summed E-state index contributed by atoms with van der Waals surface area (Å²) in [4.78, 5) is 20.7. The Morgan fingerprint density at radius 1 is 1.10 bits per heavy atom. The van der Waals surface area contributed by atoms with Crippen molar-refractivity contribution in [2.45, 2.75) is 71.2 Å². The number of carbonyl (C=O) groups excluding carboxylic acids is 1. The molecule has 3 heterocycles. The maximum Gasteiger partial charge on any atom is 0.257 e. The molecule has 0 bridgehead atoms. The molecule has 0 saturated heterocycles. The van der Waals surface area contributed by atoms with Gasteiger partial charge in [-0.05, 0) is 61.7 Å². The summed E-state index contributed by atoms with van der Waals surface area (Å²) >= 11 is 6.39. The molecule has 13 heteroatoms. The van der Waals surface area contributed by atoms with Gasteiger partial charge in [0.15, 0.2) is 0 Å². The first-order valence-electron chi connectivity index (χ1n) is 12.9. The second-order valence-corrected chi connectivity index (χ2v) is 10.2. The Bertz CT molecular complexity index is 1400. The van der Waals surface area contributed by atoms with E-state index in [1.165, 1.54) is 6.33 Å². The van der Waals surface area contributed by atoms with Gasteiger partial charge in [0.1, 0.15) is 29.7 Å². The zero-order valence-corrected chi connectivity index (χ0v) is 22.7. The molecule has 1 N–H and O–H groups in total. The number of hydrogen-bond acceptors (Lipinski definition) is 10. The number of ketones is 1. The average Bonchev–Trinajstić information content (AvgIpc) is 3.56. The molecule has 1 fully saturated rings. The highest BCUT2D eigenvalue weighted by molar-refractivity contribution is 6.32. The summed E-state index contributed by atoms with van der Waals surface area (Å²) in [6.07, 6.45) is 9.33. The van der Waals surface area contributed by atoms with Gasteiger partial charge in [0.25, 0.3) is 5.88 Å². The number of carbonyl (C=O) groups is 1. The fourth-order valence-electron chi connectivity index (χ4n) is 4.36. The highest BCUT2D eigenvalue weighted by atomic mass is 35.5. The van der Waals surface area contributed by atoms with Gasteiger partial charge in [-0.2, -0.15) is 0 Å². The lowest BCUT2D eigenvalue weighted by Crippen LogP contribution is -2.20. The van der Waals surface area contributed by atoms with E-state index in [2.05, 4.69) is 35.9 Å². The Morgan fingerprint density at radius 3 is 2.56 bits per heavy atom. The number of nitrogens with one attached hydrogen (secondary N) is 1. The molecule has 0 radical (unpaired) electrons. The summed E-state index contributed by atoms with van der Waals surface area (Å²) in [5, 5.41) is 19.5. The predicted molar refractivity (Wildman–Crippen MR) is 144 cm³/mol. The molecule has 1 aliphatic carbocycles. The quantitative estimate of drug-likeness (QED) is 0.296. The number of nitrogens with zero attached hydrogens (tertiary/aromatic N) is 8. The molecule has 12 nitrogen and oxygen atoms in total. The van der Waals surface area contributed by atoms with Crippen molar-refractivity contribution in [3.63, 3.8) is 0 Å². The van der Waals surface area contributed by atoms with E-state index >= 15 is 0 Å². The molecular formula is C26H30ClN9O3. The summed E-state index contributed by atoms with van der Waals surface area (Å²) in [6.45, 7) is 6.30. The van der Waals surface area contributed by atoms with Crippen LogP contribution in [-0.2, 0) is 11.3 Å². The second-order valence-electron chi connectivity index (χ2n) is 9.79. The molecule has 4 aromatic rings. The molecule has 1 atom stereocenters. The highest BCUT2D eigenvalue weighted by Gasteiger charge is 2.23. The lowest BCUT2D eigenvalue weighted by atomic mass is 9.95. The SMILES string of the molecule is CC(C)Oc1nn(C2CCC(=O)CC2)cc1Nc1ncc(-c2ccc(Cl)c(OC(C)Cn3cnnn3)c2)cn1. The average molecular weight is 552 g/mol. The lowest BCUT2D eigenvalue weighted by Gasteiger charge is -2.20. The second kappa shape index (κ2) is 11.8. The lowest BCUT2D eigenvalue weighted by molar-refractivity contribution is -0.120. The molecule has 5 rings (SSSR count). The van der Waals surface area contributed by atoms with Crippen molar-refractivity contribution in [3.05, 3.63) is 48.1 Å². The molecule has 1 saturated carbocycles. The third kappa shape index (κ3) is 6.69. The van der Waals surface area contributed by atoms with Crippen molar-refractivity contribution in [2.24, 2.45) is 0 Å². The Kier molecular flexibility index (Phi) is 8.01. The molecule has 3 aromatic heterocycles. The maximum absolute atomic E-state index is 11.7. The molecular weight excluding hydrogens is 522 g/mol. The van der Waals surface area contributed by atoms with Crippen LogP contribution >= 0.6 is 11.6 Å². The molecule has 39 heavy (non-hydrogen) atoms. The summed E-state index contributed by atoms with van der Waals surface area (Å²) in [5.41, 5.74) is 2.34. The van der Waals surface area contributed by atoms with E-state index in [9.17, 15) is 4.79 Å². The third-order valence-corrected chi connectivity index (χ3v) is 6.57. The Balaban J connectivity index is 1.30. The van der Waals surface area contributed by atoms with Crippen molar-refractivity contribution < 1.29 is 14.3 Å². The zero-order chi connectivity index (χ0) is 27.4. The molecule has 1 aromatic carbocycles. The van der Waals surface area contributed by atoms with Crippen molar-refractivity contribution >= 4 is 29.0 Å². The topological polar surface area (TPSA) is 135 Å². The molecule has 1 unspecified atom stereocenters. The summed E-state index contributed by atoms with van der Waals surface area (Å²) in [6, 6.07) is 5.69. The van der Waals surface area contributed by atoms with Gasteiger partial charge in [-0.3, -0.25) is 9.48 Å². The Hall–Kier alpha value is -4.06. The highest BCUT2D eigenvalue weighted by Crippen LogP contribution is 2.34. The third-order valence-electron chi connectivity index (χ3n) is 6.26. The minimum atomic E-state index is -0.207. The van der Waals surface area contributed by atoms with Gasteiger partial charge in [0.2, 0.25) is 5.95 Å². The summed E-state index contributed by atoms with van der Waals surface area (Å²) in [5.74, 6) is 1.74. The van der Waals surface area contributed by atoms with Gasteiger partial charge < -0.3 is 14.8 Å². The van der Waals surface area contributed by atoms with Crippen LogP contribution < -0.4 is 14.8 Å². The predicted octanol–water partition coefficient (Wildman–Crippen LogP) is 4.66. The first kappa shape index (κ1) is 26.5. The van der Waals surface area contributed by atoms with Crippen LogP contribution in [0.5, 0.6) is 11.6 Å². The van der Waals surface area contributed by atoms with E-state index in [0.717, 1.165) is 24.0 Å². The number of rotatable bonds is 10. The Morgan fingerprint density at radius 2 is 1.87 bits per heavy atom. The standard InChI is InChI=1S/C26H30ClN9O3/c1-16(2)38-25-23(14-36(32-25)20-5-7-21(37)8-6-20)31-26-28-11-19(12-29-26)18-4-9-22(27)24(10-18)39-17(3)13-35-15-30-33-34-35/h4,9-12,14-17,20H,5-8,13H2,1-3H3,(H,28,29,31). The minimum absolute atomic E-state index is 0.0537. The van der Waals surface area contributed by atoms with E-state index in [1.807, 2.05) is 43.8 Å². The van der Waals surface area contributed by atoms with Crippen molar-refractivity contribution in [1.82, 2.24) is 40.0 Å². The Labute approximate surface area is 230 Å². The number of aromatic nitrogens is 8. The zero-order valence-electron chi connectivity index (χ0n) is 22.0. The van der Waals surface area contributed by atoms with Crippen molar-refractivity contribution in [2.75, 3.05) is 5.32 Å². The van der Waals surface area contributed by atoms with Crippen LogP contribution in [0.4, 0.5) is 11.6 Å². The van der Waals surface area contributed by atoms with Gasteiger partial charge in [0, 0.05) is 30.8 Å². The number of Topliss-reactive ketones (excluding diaryl/α,β-unsaturated/α-hetero) is 1. The number of tetrazole rings is 1. The van der Waals surface area contributed by atoms with Crippen molar-refractivity contribution in [1.29, 1.82) is 0 Å². The van der Waals surface area contributed by atoms with E-state index in [-0.39, 0.29) is 18.2 Å². The number of halogens is 1. The van der Waals surface area contributed by atoms with Crippen LogP contribution in [0.2, 0.25) is 5.02 Å². The summed E-state index contributed by atoms with van der Waals surface area (Å²) < 4.78 is 15.5. The van der Waals surface area contributed by atoms with Crippen LogP contribution in [0.25, 0.3) is 11.1 Å². The van der Waals surface area contributed by atoms with E-state index in [0.29, 0.717) is 53.5 Å². The van der Waals surface area contributed by atoms with Crippen LogP contribution in [0.15, 0.2) is 43.1 Å². The fraction of sp³-hybridized carbons (Fsp3) is 0.423. The molecule has 0 spiro atoms. The van der Waals surface area contributed by atoms with Crippen LogP contribution in [-0.4, -0.2) is 57.9 Å². The van der Waals surface area contributed by atoms with Gasteiger partial charge in [0.05, 0.1) is 29.9 Å². The van der Waals surface area contributed by atoms with E-state index < -0.39 is 0 Å².